The van der Waals surface area contributed by atoms with Crippen LogP contribution in [-0.2, 0) is 9.84 Å². The molecule has 2 rings (SSSR count). The molecule has 0 saturated heterocycles. The Bertz CT molecular complexity index is 592. The molecular weight excluding hydrogens is 276 g/mol. The van der Waals surface area contributed by atoms with E-state index in [9.17, 15) is 13.2 Å². The van der Waals surface area contributed by atoms with Gasteiger partial charge in [-0.2, -0.15) is 0 Å². The molecule has 110 valence electrons. The Hall–Kier alpha value is -1.36. The van der Waals surface area contributed by atoms with Gasteiger partial charge in [0.1, 0.15) is 0 Å². The summed E-state index contributed by atoms with van der Waals surface area (Å²) in [5.74, 6) is -0.917. The van der Waals surface area contributed by atoms with E-state index in [1.54, 1.807) is 0 Å². The van der Waals surface area contributed by atoms with E-state index in [4.69, 9.17) is 5.11 Å². The summed E-state index contributed by atoms with van der Waals surface area (Å²) in [6, 6.07) is 5.70. The monoisotopic (exact) mass is 296 g/mol. The fourth-order valence-corrected chi connectivity index (χ4v) is 5.25. The van der Waals surface area contributed by atoms with Gasteiger partial charge in [0, 0.05) is 0 Å². The van der Waals surface area contributed by atoms with Gasteiger partial charge >= 0.3 is 5.97 Å². The number of sulfone groups is 1. The zero-order valence-corrected chi connectivity index (χ0v) is 12.4. The number of carboxylic acid groups (broad SMARTS) is 1. The van der Waals surface area contributed by atoms with Crippen LogP contribution in [0.25, 0.3) is 0 Å². The summed E-state index contributed by atoms with van der Waals surface area (Å²) in [5.41, 5.74) is 0.0231. The molecule has 20 heavy (non-hydrogen) atoms. The third kappa shape index (κ3) is 2.87. The van der Waals surface area contributed by atoms with Gasteiger partial charge in [-0.1, -0.05) is 32.3 Å². The van der Waals surface area contributed by atoms with E-state index in [0.29, 0.717) is 6.42 Å². The zero-order chi connectivity index (χ0) is 14.8. The number of carboxylic acids is 1. The number of rotatable bonds is 4. The van der Waals surface area contributed by atoms with Crippen LogP contribution in [-0.4, -0.2) is 24.7 Å². The quantitative estimate of drug-likeness (QED) is 0.926. The average molecular weight is 296 g/mol. The van der Waals surface area contributed by atoms with Gasteiger partial charge in [-0.25, -0.2) is 13.2 Å². The van der Waals surface area contributed by atoms with E-state index in [1.165, 1.54) is 24.3 Å². The molecule has 1 aromatic rings. The molecule has 0 aromatic heterocycles. The van der Waals surface area contributed by atoms with Crippen LogP contribution in [0.3, 0.4) is 0 Å². The van der Waals surface area contributed by atoms with Crippen molar-refractivity contribution in [2.45, 2.75) is 49.2 Å². The number of aromatic carboxylic acids is 1. The first-order valence-corrected chi connectivity index (χ1v) is 8.58. The van der Waals surface area contributed by atoms with Gasteiger partial charge in [-0.05, 0) is 37.0 Å². The van der Waals surface area contributed by atoms with Gasteiger partial charge in [0.05, 0.1) is 15.7 Å². The largest absolute Gasteiger partial charge is 0.478 e. The highest BCUT2D eigenvalue weighted by molar-refractivity contribution is 7.92. The maximum Gasteiger partial charge on any atom is 0.335 e. The summed E-state index contributed by atoms with van der Waals surface area (Å²) >= 11 is 0. The first kappa shape index (κ1) is 15.0. The van der Waals surface area contributed by atoms with Crippen LogP contribution in [0.1, 0.15) is 49.4 Å². The average Bonchev–Trinajstić information content (AvgIpc) is 2.47. The first-order valence-electron chi connectivity index (χ1n) is 7.04. The summed E-state index contributed by atoms with van der Waals surface area (Å²) in [7, 11) is -3.44. The van der Waals surface area contributed by atoms with Crippen molar-refractivity contribution >= 4 is 15.8 Å². The molecule has 4 nitrogen and oxygen atoms in total. The van der Waals surface area contributed by atoms with Crippen LogP contribution in [0.5, 0.6) is 0 Å². The fourth-order valence-electron chi connectivity index (χ4n) is 3.03. The van der Waals surface area contributed by atoms with E-state index < -0.39 is 15.8 Å². The summed E-state index contributed by atoms with van der Waals surface area (Å²) in [4.78, 5) is 11.1. The van der Waals surface area contributed by atoms with Gasteiger partial charge in [-0.15, -0.1) is 0 Å². The van der Waals surface area contributed by atoms with Crippen LogP contribution in [0.2, 0.25) is 0 Å². The lowest BCUT2D eigenvalue weighted by Crippen LogP contribution is -2.32. The lowest BCUT2D eigenvalue weighted by atomic mass is 9.87. The van der Waals surface area contributed by atoms with E-state index in [0.717, 1.165) is 25.7 Å². The molecule has 0 radical (unpaired) electrons. The fraction of sp³-hybridized carbons (Fsp3) is 0.533. The highest BCUT2D eigenvalue weighted by Gasteiger charge is 2.35. The molecule has 0 amide bonds. The van der Waals surface area contributed by atoms with Crippen LogP contribution < -0.4 is 0 Å². The molecular formula is C15H20O4S. The first-order chi connectivity index (χ1) is 9.46. The molecule has 1 aliphatic rings. The Morgan fingerprint density at radius 3 is 2.65 bits per heavy atom. The van der Waals surface area contributed by atoms with Crippen molar-refractivity contribution in [1.82, 2.24) is 0 Å². The maximum atomic E-state index is 12.7. The minimum atomic E-state index is -3.44. The minimum Gasteiger partial charge on any atom is -0.478 e. The second kappa shape index (κ2) is 5.95. The minimum absolute atomic E-state index is 0.0231. The molecule has 1 N–H and O–H groups in total. The molecule has 2 atom stereocenters. The lowest BCUT2D eigenvalue weighted by molar-refractivity contribution is 0.0696. The molecule has 0 aliphatic heterocycles. The van der Waals surface area contributed by atoms with Gasteiger partial charge in [0.15, 0.2) is 9.84 Å². The van der Waals surface area contributed by atoms with Gasteiger partial charge < -0.3 is 5.11 Å². The van der Waals surface area contributed by atoms with Crippen molar-refractivity contribution in [3.8, 4) is 0 Å². The molecule has 1 aliphatic carbocycles. The van der Waals surface area contributed by atoms with E-state index in [2.05, 4.69) is 0 Å². The SMILES string of the molecule is CCC1CCCCC1S(=O)(=O)c1cccc(C(=O)O)c1. The van der Waals surface area contributed by atoms with Crippen molar-refractivity contribution in [2.24, 2.45) is 5.92 Å². The highest BCUT2D eigenvalue weighted by atomic mass is 32.2. The second-order valence-electron chi connectivity index (χ2n) is 5.37. The summed E-state index contributed by atoms with van der Waals surface area (Å²) in [6.45, 7) is 2.02. The molecule has 0 heterocycles. The third-order valence-corrected chi connectivity index (χ3v) is 6.50. The Morgan fingerprint density at radius 2 is 2.00 bits per heavy atom. The third-order valence-electron chi connectivity index (χ3n) is 4.17. The summed E-state index contributed by atoms with van der Waals surface area (Å²) < 4.78 is 25.5. The molecule has 0 bridgehead atoms. The molecule has 2 unspecified atom stereocenters. The van der Waals surface area contributed by atoms with Crippen molar-refractivity contribution in [3.63, 3.8) is 0 Å². The van der Waals surface area contributed by atoms with Crippen molar-refractivity contribution in [3.05, 3.63) is 29.8 Å². The number of hydrogen-bond donors (Lipinski definition) is 1. The Labute approximate surface area is 119 Å². The van der Waals surface area contributed by atoms with E-state index >= 15 is 0 Å². The number of carbonyl (C=O) groups is 1. The predicted molar refractivity (Wildman–Crippen MR) is 76.6 cm³/mol. The zero-order valence-electron chi connectivity index (χ0n) is 11.6. The highest BCUT2D eigenvalue weighted by Crippen LogP contribution is 2.35. The molecule has 1 saturated carbocycles. The van der Waals surface area contributed by atoms with Crippen LogP contribution in [0.4, 0.5) is 0 Å². The smallest absolute Gasteiger partial charge is 0.335 e. The second-order valence-corrected chi connectivity index (χ2v) is 7.54. The Kier molecular flexibility index (Phi) is 4.48. The van der Waals surface area contributed by atoms with E-state index in [1.807, 2.05) is 6.92 Å². The molecule has 0 spiro atoms. The molecule has 1 fully saturated rings. The summed E-state index contributed by atoms with van der Waals surface area (Å²) in [6.07, 6.45) is 4.48. The Morgan fingerprint density at radius 1 is 1.30 bits per heavy atom. The van der Waals surface area contributed by atoms with Gasteiger partial charge in [-0.3, -0.25) is 0 Å². The molecule has 1 aromatic carbocycles. The topological polar surface area (TPSA) is 71.4 Å². The van der Waals surface area contributed by atoms with Crippen LogP contribution in [0.15, 0.2) is 29.2 Å². The van der Waals surface area contributed by atoms with E-state index in [-0.39, 0.29) is 21.6 Å². The van der Waals surface area contributed by atoms with Gasteiger partial charge in [0.25, 0.3) is 0 Å². The molecule has 5 heteroatoms. The maximum absolute atomic E-state index is 12.7. The number of benzene rings is 1. The van der Waals surface area contributed by atoms with Crippen molar-refractivity contribution < 1.29 is 18.3 Å². The van der Waals surface area contributed by atoms with Crippen LogP contribution >= 0.6 is 0 Å². The standard InChI is InChI=1S/C15H20O4S/c1-2-11-6-3-4-9-14(11)20(18,19)13-8-5-7-12(10-13)15(16)17/h5,7-8,10-11,14H,2-4,6,9H2,1H3,(H,16,17). The van der Waals surface area contributed by atoms with Crippen LogP contribution in [0, 0.1) is 5.92 Å². The van der Waals surface area contributed by atoms with Crippen molar-refractivity contribution in [1.29, 1.82) is 0 Å². The normalized spacial score (nSPS) is 23.4. The Balaban J connectivity index is 2.38. The lowest BCUT2D eigenvalue weighted by Gasteiger charge is -2.30. The van der Waals surface area contributed by atoms with Crippen molar-refractivity contribution in [2.75, 3.05) is 0 Å². The van der Waals surface area contributed by atoms with Gasteiger partial charge in [0.2, 0.25) is 0 Å². The predicted octanol–water partition coefficient (Wildman–Crippen LogP) is 3.13. The number of hydrogen-bond acceptors (Lipinski definition) is 3. The summed E-state index contributed by atoms with van der Waals surface area (Å²) in [5, 5.41) is 8.62.